The lowest BCUT2D eigenvalue weighted by Crippen LogP contribution is -2.34. The van der Waals surface area contributed by atoms with Crippen LogP contribution in [0.5, 0.6) is 0 Å². The maximum atomic E-state index is 10.8. The molecule has 6 heteroatoms. The van der Waals surface area contributed by atoms with Crippen LogP contribution >= 0.6 is 22.6 Å². The van der Waals surface area contributed by atoms with Gasteiger partial charge in [-0.2, -0.15) is 0 Å². The third-order valence-corrected chi connectivity index (χ3v) is 4.19. The van der Waals surface area contributed by atoms with Gasteiger partial charge in [-0.05, 0) is 12.5 Å². The number of hydrogen-bond acceptors (Lipinski definition) is 3. The Hall–Kier alpha value is -0.920. The van der Waals surface area contributed by atoms with E-state index in [4.69, 9.17) is 5.11 Å². The molecular formula is C9H10INO4. The summed E-state index contributed by atoms with van der Waals surface area (Å²) in [5.41, 5.74) is 0.0277. The first-order valence-electron chi connectivity index (χ1n) is 4.32. The molecule has 15 heavy (non-hydrogen) atoms. The molecule has 1 aliphatic rings. The minimum absolute atomic E-state index is 0.0277. The Bertz CT molecular complexity index is 363. The van der Waals surface area contributed by atoms with E-state index >= 15 is 0 Å². The van der Waals surface area contributed by atoms with Crippen LogP contribution in [-0.2, 0) is 4.79 Å². The van der Waals surface area contributed by atoms with Gasteiger partial charge in [-0.25, -0.2) is 0 Å². The zero-order chi connectivity index (χ0) is 11.6. The minimum atomic E-state index is -0.896. The number of carbonyl (C=O) groups is 1. The first-order chi connectivity index (χ1) is 6.87. The summed E-state index contributed by atoms with van der Waals surface area (Å²) in [5, 5.41) is 19.3. The van der Waals surface area contributed by atoms with Crippen molar-refractivity contribution in [1.29, 1.82) is 0 Å². The number of allylic oxidation sites excluding steroid dienone is 3. The van der Waals surface area contributed by atoms with E-state index in [0.29, 0.717) is 6.42 Å². The van der Waals surface area contributed by atoms with E-state index in [0.717, 1.165) is 0 Å². The molecular weight excluding hydrogens is 313 g/mol. The molecule has 0 spiro atoms. The van der Waals surface area contributed by atoms with Crippen LogP contribution in [0.2, 0.25) is 0 Å². The Labute approximate surface area is 100 Å². The summed E-state index contributed by atoms with van der Waals surface area (Å²) in [5.74, 6) is -1.47. The predicted octanol–water partition coefficient (Wildman–Crippen LogP) is 2.00. The molecule has 2 atom stereocenters. The van der Waals surface area contributed by atoms with E-state index in [1.54, 1.807) is 13.0 Å². The molecule has 0 fully saturated rings. The van der Waals surface area contributed by atoms with Crippen molar-refractivity contribution in [3.63, 3.8) is 0 Å². The molecule has 0 aliphatic heterocycles. The SMILES string of the molecule is CC(C(=O)O)[C@@]1(I)C=CC([N+](=O)[O-])=CC1. The standard InChI is InChI=1S/C9H10INO4/c1-6(8(12)13)9(10)4-2-7(3-5-9)11(14)15/h2-4,6H,5H2,1H3,(H,12,13)/t6?,9-/m1/s1. The molecule has 0 saturated carbocycles. The van der Waals surface area contributed by atoms with E-state index < -0.39 is 20.2 Å². The Morgan fingerprint density at radius 2 is 2.40 bits per heavy atom. The molecule has 0 bridgehead atoms. The van der Waals surface area contributed by atoms with Crippen LogP contribution in [-0.4, -0.2) is 19.4 Å². The maximum Gasteiger partial charge on any atom is 0.307 e. The largest absolute Gasteiger partial charge is 0.481 e. The molecule has 1 N–H and O–H groups in total. The molecule has 0 radical (unpaired) electrons. The van der Waals surface area contributed by atoms with Crippen LogP contribution in [0.15, 0.2) is 23.9 Å². The van der Waals surface area contributed by atoms with E-state index in [-0.39, 0.29) is 5.70 Å². The number of alkyl halides is 1. The summed E-state index contributed by atoms with van der Waals surface area (Å²) >= 11 is 2.03. The summed E-state index contributed by atoms with van der Waals surface area (Å²) in [4.78, 5) is 20.8. The summed E-state index contributed by atoms with van der Waals surface area (Å²) in [6.07, 6.45) is 4.81. The highest BCUT2D eigenvalue weighted by atomic mass is 127. The van der Waals surface area contributed by atoms with Crippen LogP contribution in [0.3, 0.4) is 0 Å². The first kappa shape index (κ1) is 12.2. The van der Waals surface area contributed by atoms with Gasteiger partial charge in [0.15, 0.2) is 0 Å². The third-order valence-electron chi connectivity index (χ3n) is 2.46. The molecule has 0 heterocycles. The second kappa shape index (κ2) is 4.30. The van der Waals surface area contributed by atoms with Crippen molar-refractivity contribution < 1.29 is 14.8 Å². The quantitative estimate of drug-likeness (QED) is 0.373. The topological polar surface area (TPSA) is 80.4 Å². The fraction of sp³-hybridized carbons (Fsp3) is 0.444. The summed E-state index contributed by atoms with van der Waals surface area (Å²) in [7, 11) is 0. The summed E-state index contributed by atoms with van der Waals surface area (Å²) in [6.45, 7) is 1.60. The van der Waals surface area contributed by atoms with Crippen molar-refractivity contribution in [3.05, 3.63) is 34.0 Å². The number of carboxylic acid groups (broad SMARTS) is 1. The zero-order valence-electron chi connectivity index (χ0n) is 8.01. The number of nitro groups is 1. The lowest BCUT2D eigenvalue weighted by atomic mass is 9.87. The van der Waals surface area contributed by atoms with Gasteiger partial charge in [0.1, 0.15) is 0 Å². The van der Waals surface area contributed by atoms with Crippen LogP contribution in [0.1, 0.15) is 13.3 Å². The van der Waals surface area contributed by atoms with Crippen molar-refractivity contribution in [2.45, 2.75) is 16.8 Å². The molecule has 1 rings (SSSR count). The second-order valence-corrected chi connectivity index (χ2v) is 5.42. The monoisotopic (exact) mass is 323 g/mol. The van der Waals surface area contributed by atoms with Gasteiger partial charge in [-0.3, -0.25) is 14.9 Å². The number of carboxylic acids is 1. The van der Waals surface area contributed by atoms with Gasteiger partial charge in [0.05, 0.1) is 14.3 Å². The lowest BCUT2D eigenvalue weighted by Gasteiger charge is -2.28. The number of halogens is 1. The van der Waals surface area contributed by atoms with Crippen molar-refractivity contribution in [3.8, 4) is 0 Å². The minimum Gasteiger partial charge on any atom is -0.481 e. The lowest BCUT2D eigenvalue weighted by molar-refractivity contribution is -0.419. The molecule has 5 nitrogen and oxygen atoms in total. The van der Waals surface area contributed by atoms with E-state index in [1.165, 1.54) is 12.2 Å². The molecule has 0 aromatic rings. The van der Waals surface area contributed by atoms with Gasteiger partial charge in [-0.15, -0.1) is 0 Å². The molecule has 1 aliphatic carbocycles. The highest BCUT2D eigenvalue weighted by Crippen LogP contribution is 2.37. The molecule has 0 saturated heterocycles. The number of nitrogens with zero attached hydrogens (tertiary/aromatic N) is 1. The highest BCUT2D eigenvalue weighted by Gasteiger charge is 2.37. The van der Waals surface area contributed by atoms with E-state index in [1.807, 2.05) is 22.6 Å². The zero-order valence-corrected chi connectivity index (χ0v) is 10.2. The van der Waals surface area contributed by atoms with Crippen LogP contribution in [0.4, 0.5) is 0 Å². The summed E-state index contributed by atoms with van der Waals surface area (Å²) in [6, 6.07) is 0. The smallest absolute Gasteiger partial charge is 0.307 e. The van der Waals surface area contributed by atoms with Crippen LogP contribution in [0.25, 0.3) is 0 Å². The summed E-state index contributed by atoms with van der Waals surface area (Å²) < 4.78 is -0.566. The van der Waals surface area contributed by atoms with Crippen molar-refractivity contribution in [2.24, 2.45) is 5.92 Å². The van der Waals surface area contributed by atoms with Crippen molar-refractivity contribution >= 4 is 28.6 Å². The molecule has 82 valence electrons. The first-order valence-corrected chi connectivity index (χ1v) is 5.40. The Morgan fingerprint density at radius 1 is 1.80 bits per heavy atom. The van der Waals surface area contributed by atoms with Gasteiger partial charge >= 0.3 is 5.97 Å². The Morgan fingerprint density at radius 3 is 2.73 bits per heavy atom. The molecule has 1 unspecified atom stereocenters. The van der Waals surface area contributed by atoms with Gasteiger partial charge in [0.2, 0.25) is 0 Å². The maximum absolute atomic E-state index is 10.8. The average molecular weight is 323 g/mol. The van der Waals surface area contributed by atoms with E-state index in [9.17, 15) is 14.9 Å². The van der Waals surface area contributed by atoms with E-state index in [2.05, 4.69) is 0 Å². The predicted molar refractivity (Wildman–Crippen MR) is 62.4 cm³/mol. The number of rotatable bonds is 3. The molecule has 0 aromatic heterocycles. The Balaban J connectivity index is 2.85. The van der Waals surface area contributed by atoms with Crippen LogP contribution < -0.4 is 0 Å². The van der Waals surface area contributed by atoms with Gasteiger partial charge in [-0.1, -0.05) is 35.6 Å². The fourth-order valence-electron chi connectivity index (χ4n) is 1.28. The molecule has 0 amide bonds. The van der Waals surface area contributed by atoms with Gasteiger partial charge in [0.25, 0.3) is 5.70 Å². The van der Waals surface area contributed by atoms with Gasteiger partial charge in [0, 0.05) is 6.08 Å². The normalized spacial score (nSPS) is 26.9. The fourth-order valence-corrected chi connectivity index (χ4v) is 1.95. The number of hydrogen-bond donors (Lipinski definition) is 1. The Kier molecular flexibility index (Phi) is 3.48. The highest BCUT2D eigenvalue weighted by molar-refractivity contribution is 14.1. The van der Waals surface area contributed by atoms with Crippen molar-refractivity contribution in [1.82, 2.24) is 0 Å². The van der Waals surface area contributed by atoms with Crippen LogP contribution in [0, 0.1) is 16.0 Å². The third kappa shape index (κ3) is 2.55. The molecule has 0 aromatic carbocycles. The number of aliphatic carboxylic acids is 1. The average Bonchev–Trinajstić information content (AvgIpc) is 2.17. The van der Waals surface area contributed by atoms with Gasteiger partial charge < -0.3 is 5.11 Å². The second-order valence-electron chi connectivity index (χ2n) is 3.41. The van der Waals surface area contributed by atoms with Crippen molar-refractivity contribution in [2.75, 3.05) is 0 Å².